The first-order valence-corrected chi connectivity index (χ1v) is 8.91. The number of amides is 1. The topological polar surface area (TPSA) is 56.1 Å². The minimum Gasteiger partial charge on any atom is -0.491 e. The van der Waals surface area contributed by atoms with E-state index < -0.39 is 0 Å². The van der Waals surface area contributed by atoms with Gasteiger partial charge in [-0.25, -0.2) is 9.37 Å². The number of nitrogens with one attached hydrogen (secondary N) is 1. The smallest absolute Gasteiger partial charge is 0.226 e. The van der Waals surface area contributed by atoms with Gasteiger partial charge in [0.15, 0.2) is 0 Å². The number of ether oxygens (including phenoxy) is 1. The van der Waals surface area contributed by atoms with E-state index in [1.165, 1.54) is 12.1 Å². The van der Waals surface area contributed by atoms with E-state index in [1.807, 2.05) is 38.1 Å². The summed E-state index contributed by atoms with van der Waals surface area (Å²) in [6.45, 7) is 3.93. The highest BCUT2D eigenvalue weighted by atomic mass is 19.1. The molecule has 5 nitrogen and oxygen atoms in total. The third-order valence-corrected chi connectivity index (χ3v) is 4.52. The molecule has 0 saturated heterocycles. The summed E-state index contributed by atoms with van der Waals surface area (Å²) in [5.74, 6) is 0.646. The highest BCUT2D eigenvalue weighted by molar-refractivity contribution is 5.94. The minimum atomic E-state index is -0.343. The molecule has 1 atom stereocenters. The summed E-state index contributed by atoms with van der Waals surface area (Å²) in [6, 6.07) is 13.9. The van der Waals surface area contributed by atoms with E-state index in [1.54, 1.807) is 23.0 Å². The van der Waals surface area contributed by atoms with Gasteiger partial charge in [0, 0.05) is 17.9 Å². The maximum atomic E-state index is 13.6. The number of hydrogen-bond acceptors (Lipinski definition) is 3. The maximum Gasteiger partial charge on any atom is 0.226 e. The molecule has 0 unspecified atom stereocenters. The molecule has 0 radical (unpaired) electrons. The van der Waals surface area contributed by atoms with Gasteiger partial charge in [0.05, 0.1) is 17.5 Å². The second-order valence-electron chi connectivity index (χ2n) is 6.84. The van der Waals surface area contributed by atoms with Crippen molar-refractivity contribution in [1.29, 1.82) is 0 Å². The Hall–Kier alpha value is -3.15. The lowest BCUT2D eigenvalue weighted by atomic mass is 9.89. The van der Waals surface area contributed by atoms with Crippen molar-refractivity contribution in [3.8, 4) is 11.4 Å². The standard InChI is InChI=1S/C21H20FN3O2/c1-13(2)27-18-9-4-3-8-16(18)17-11-19(26)24-21-20(17)23-12-25(21)15-7-5-6-14(22)10-15/h3-10,12-13,17H,11H2,1-2H3,(H,24,26)/t17-/m0/s1. The molecule has 3 aromatic rings. The van der Waals surface area contributed by atoms with E-state index >= 15 is 0 Å². The maximum absolute atomic E-state index is 13.6. The molecule has 4 rings (SSSR count). The first-order valence-electron chi connectivity index (χ1n) is 8.91. The Morgan fingerprint density at radius 1 is 1.22 bits per heavy atom. The van der Waals surface area contributed by atoms with Gasteiger partial charge < -0.3 is 10.1 Å². The van der Waals surface area contributed by atoms with Crippen molar-refractivity contribution >= 4 is 11.7 Å². The van der Waals surface area contributed by atoms with Crippen LogP contribution in [0.15, 0.2) is 54.9 Å². The van der Waals surface area contributed by atoms with Crippen LogP contribution in [0.1, 0.15) is 37.4 Å². The van der Waals surface area contributed by atoms with Gasteiger partial charge in [-0.2, -0.15) is 0 Å². The van der Waals surface area contributed by atoms with Gasteiger partial charge in [-0.15, -0.1) is 0 Å². The van der Waals surface area contributed by atoms with Crippen LogP contribution in [0.2, 0.25) is 0 Å². The highest BCUT2D eigenvalue weighted by Gasteiger charge is 2.32. The molecule has 1 aliphatic heterocycles. The number of nitrogens with zero attached hydrogens (tertiary/aromatic N) is 2. The second kappa shape index (κ2) is 6.87. The number of hydrogen-bond donors (Lipinski definition) is 1. The Morgan fingerprint density at radius 2 is 2.04 bits per heavy atom. The van der Waals surface area contributed by atoms with Crippen molar-refractivity contribution < 1.29 is 13.9 Å². The number of benzene rings is 2. The van der Waals surface area contributed by atoms with E-state index in [0.717, 1.165) is 17.0 Å². The molecule has 0 fully saturated rings. The Morgan fingerprint density at radius 3 is 2.81 bits per heavy atom. The van der Waals surface area contributed by atoms with Crippen molar-refractivity contribution in [3.05, 3.63) is 71.9 Å². The van der Waals surface area contributed by atoms with E-state index in [-0.39, 0.29) is 30.2 Å². The summed E-state index contributed by atoms with van der Waals surface area (Å²) in [5, 5.41) is 2.88. The number of rotatable bonds is 4. The average molecular weight is 365 g/mol. The largest absolute Gasteiger partial charge is 0.491 e. The predicted octanol–water partition coefficient (Wildman–Crippen LogP) is 4.27. The van der Waals surface area contributed by atoms with Crippen LogP contribution >= 0.6 is 0 Å². The van der Waals surface area contributed by atoms with Crippen LogP contribution in [0.3, 0.4) is 0 Å². The third kappa shape index (κ3) is 3.30. The third-order valence-electron chi connectivity index (χ3n) is 4.52. The molecule has 0 saturated carbocycles. The monoisotopic (exact) mass is 365 g/mol. The number of anilines is 1. The summed E-state index contributed by atoms with van der Waals surface area (Å²) < 4.78 is 21.3. The predicted molar refractivity (Wildman–Crippen MR) is 101 cm³/mol. The van der Waals surface area contributed by atoms with Crippen LogP contribution in [-0.4, -0.2) is 21.6 Å². The molecular weight excluding hydrogens is 345 g/mol. The first-order chi connectivity index (χ1) is 13.0. The van der Waals surface area contributed by atoms with Gasteiger partial charge in [0.1, 0.15) is 23.7 Å². The van der Waals surface area contributed by atoms with Gasteiger partial charge in [-0.05, 0) is 38.1 Å². The van der Waals surface area contributed by atoms with Gasteiger partial charge in [-0.1, -0.05) is 24.3 Å². The second-order valence-corrected chi connectivity index (χ2v) is 6.84. The van der Waals surface area contributed by atoms with Crippen LogP contribution in [0, 0.1) is 5.82 Å². The van der Waals surface area contributed by atoms with Crippen molar-refractivity contribution in [2.75, 3.05) is 5.32 Å². The van der Waals surface area contributed by atoms with Crippen LogP contribution < -0.4 is 10.1 Å². The Bertz CT molecular complexity index is 997. The summed E-state index contributed by atoms with van der Waals surface area (Å²) in [6.07, 6.45) is 1.92. The molecule has 27 heavy (non-hydrogen) atoms. The van der Waals surface area contributed by atoms with Crippen molar-refractivity contribution in [3.63, 3.8) is 0 Å². The SMILES string of the molecule is CC(C)Oc1ccccc1[C@@H]1CC(=O)Nc2c1ncn2-c1cccc(F)c1. The van der Waals surface area contributed by atoms with Gasteiger partial charge in [0.2, 0.25) is 5.91 Å². The molecule has 138 valence electrons. The Labute approximate surface area is 156 Å². The highest BCUT2D eigenvalue weighted by Crippen LogP contribution is 2.40. The summed E-state index contributed by atoms with van der Waals surface area (Å²) in [7, 11) is 0. The molecule has 6 heteroatoms. The molecule has 0 bridgehead atoms. The molecule has 0 spiro atoms. The van der Waals surface area contributed by atoms with Crippen LogP contribution in [0.4, 0.5) is 10.2 Å². The van der Waals surface area contributed by atoms with Crippen molar-refractivity contribution in [2.24, 2.45) is 0 Å². The normalized spacial score (nSPS) is 16.1. The quantitative estimate of drug-likeness (QED) is 0.751. The van der Waals surface area contributed by atoms with E-state index in [0.29, 0.717) is 11.5 Å². The minimum absolute atomic E-state index is 0.0212. The molecular formula is C21H20FN3O2. The van der Waals surface area contributed by atoms with Gasteiger partial charge in [0.25, 0.3) is 0 Å². The van der Waals surface area contributed by atoms with E-state index in [9.17, 15) is 9.18 Å². The number of fused-ring (bicyclic) bond motifs is 1. The zero-order chi connectivity index (χ0) is 19.0. The number of carbonyl (C=O) groups is 1. The fourth-order valence-electron chi connectivity index (χ4n) is 3.42. The average Bonchev–Trinajstić information content (AvgIpc) is 3.05. The molecule has 1 aromatic heterocycles. The number of aromatic nitrogens is 2. The van der Waals surface area contributed by atoms with E-state index in [2.05, 4.69) is 10.3 Å². The zero-order valence-electron chi connectivity index (χ0n) is 15.1. The Kier molecular flexibility index (Phi) is 4.39. The number of para-hydroxylation sites is 1. The first kappa shape index (κ1) is 17.3. The van der Waals surface area contributed by atoms with Crippen molar-refractivity contribution in [1.82, 2.24) is 9.55 Å². The lowest BCUT2D eigenvalue weighted by molar-refractivity contribution is -0.116. The molecule has 2 aromatic carbocycles. The number of carbonyl (C=O) groups excluding carboxylic acids is 1. The summed E-state index contributed by atoms with van der Waals surface area (Å²) in [5.41, 5.74) is 2.28. The molecule has 0 aliphatic carbocycles. The van der Waals surface area contributed by atoms with E-state index in [4.69, 9.17) is 4.74 Å². The van der Waals surface area contributed by atoms with Gasteiger partial charge in [-0.3, -0.25) is 9.36 Å². The van der Waals surface area contributed by atoms with Crippen LogP contribution in [-0.2, 0) is 4.79 Å². The molecule has 2 heterocycles. The lowest BCUT2D eigenvalue weighted by Crippen LogP contribution is -2.25. The Balaban J connectivity index is 1.81. The van der Waals surface area contributed by atoms with Crippen LogP contribution in [0.5, 0.6) is 5.75 Å². The zero-order valence-corrected chi connectivity index (χ0v) is 15.1. The molecule has 1 amide bonds. The number of imidazole rings is 1. The molecule has 1 aliphatic rings. The fourth-order valence-corrected chi connectivity index (χ4v) is 3.42. The lowest BCUT2D eigenvalue weighted by Gasteiger charge is -2.25. The van der Waals surface area contributed by atoms with Crippen LogP contribution in [0.25, 0.3) is 5.69 Å². The molecule has 1 N–H and O–H groups in total. The number of halogens is 1. The summed E-state index contributed by atoms with van der Waals surface area (Å²) >= 11 is 0. The fraction of sp³-hybridized carbons (Fsp3) is 0.238. The van der Waals surface area contributed by atoms with Crippen molar-refractivity contribution in [2.45, 2.75) is 32.3 Å². The van der Waals surface area contributed by atoms with Gasteiger partial charge >= 0.3 is 0 Å². The summed E-state index contributed by atoms with van der Waals surface area (Å²) in [4.78, 5) is 17.0.